The van der Waals surface area contributed by atoms with Gasteiger partial charge in [0, 0.05) is 0 Å². The molecule has 20 heavy (non-hydrogen) atoms. The average molecular weight is 271 g/mol. The highest BCUT2D eigenvalue weighted by Crippen LogP contribution is 2.36. The van der Waals surface area contributed by atoms with Gasteiger partial charge in [-0.2, -0.15) is 9.65 Å². The van der Waals surface area contributed by atoms with Crippen LogP contribution in [0.25, 0.3) is 0 Å². The van der Waals surface area contributed by atoms with E-state index in [1.54, 1.807) is 6.07 Å². The van der Waals surface area contributed by atoms with Gasteiger partial charge >= 0.3 is 0 Å². The lowest BCUT2D eigenvalue weighted by molar-refractivity contribution is 0.195. The summed E-state index contributed by atoms with van der Waals surface area (Å²) >= 11 is 0. The minimum absolute atomic E-state index is 0.150. The summed E-state index contributed by atoms with van der Waals surface area (Å²) in [6.07, 6.45) is 1.33. The van der Waals surface area contributed by atoms with E-state index in [0.29, 0.717) is 0 Å². The van der Waals surface area contributed by atoms with Crippen LogP contribution < -0.4 is 4.74 Å². The summed E-state index contributed by atoms with van der Waals surface area (Å²) in [4.78, 5) is 0. The van der Waals surface area contributed by atoms with Crippen LogP contribution >= 0.6 is 0 Å². The van der Waals surface area contributed by atoms with Gasteiger partial charge in [-0.05, 0) is 36.1 Å². The first-order chi connectivity index (χ1) is 9.70. The zero-order valence-corrected chi connectivity index (χ0v) is 10.6. The molecule has 0 spiro atoms. The summed E-state index contributed by atoms with van der Waals surface area (Å²) in [7, 11) is 0. The predicted octanol–water partition coefficient (Wildman–Crippen LogP) is 3.90. The number of rotatable bonds is 2. The third-order valence-corrected chi connectivity index (χ3v) is 3.51. The van der Waals surface area contributed by atoms with Gasteiger partial charge in [0.25, 0.3) is 0 Å². The summed E-state index contributed by atoms with van der Waals surface area (Å²) in [5, 5.41) is 8.65. The van der Waals surface area contributed by atoms with E-state index in [4.69, 9.17) is 10.00 Å². The minimum atomic E-state index is -1.16. The second-order valence-electron chi connectivity index (χ2n) is 4.70. The summed E-state index contributed by atoms with van der Waals surface area (Å²) < 4.78 is 33.0. The van der Waals surface area contributed by atoms with Crippen LogP contribution in [0.15, 0.2) is 36.4 Å². The summed E-state index contributed by atoms with van der Waals surface area (Å²) in [6, 6.07) is 11.9. The molecule has 0 amide bonds. The van der Waals surface area contributed by atoms with Crippen LogP contribution in [-0.2, 0) is 6.42 Å². The van der Waals surface area contributed by atoms with Crippen LogP contribution in [0.2, 0.25) is 0 Å². The van der Waals surface area contributed by atoms with Crippen molar-refractivity contribution < 1.29 is 13.5 Å². The van der Waals surface area contributed by atoms with E-state index < -0.39 is 11.6 Å². The van der Waals surface area contributed by atoms with E-state index in [2.05, 4.69) is 0 Å². The van der Waals surface area contributed by atoms with E-state index in [1.807, 2.05) is 24.3 Å². The molecular formula is C16H11F2NO. The van der Waals surface area contributed by atoms with Gasteiger partial charge in [0.2, 0.25) is 5.82 Å². The number of hydrogen-bond donors (Lipinski definition) is 0. The second-order valence-corrected chi connectivity index (χ2v) is 4.70. The zero-order valence-electron chi connectivity index (χ0n) is 10.6. The molecule has 100 valence electrons. The van der Waals surface area contributed by atoms with Crippen molar-refractivity contribution in [3.8, 4) is 11.8 Å². The Hall–Kier alpha value is -2.41. The van der Waals surface area contributed by atoms with Gasteiger partial charge in [-0.1, -0.05) is 24.3 Å². The van der Waals surface area contributed by atoms with Crippen molar-refractivity contribution in [1.29, 1.82) is 5.26 Å². The molecule has 2 aromatic rings. The lowest BCUT2D eigenvalue weighted by Gasteiger charge is -2.15. The van der Waals surface area contributed by atoms with Gasteiger partial charge in [-0.15, -0.1) is 0 Å². The van der Waals surface area contributed by atoms with Gasteiger partial charge in [0.15, 0.2) is 11.6 Å². The van der Waals surface area contributed by atoms with Crippen molar-refractivity contribution in [2.75, 3.05) is 0 Å². The molecule has 1 atom stereocenters. The molecule has 2 aromatic carbocycles. The Labute approximate surface area is 115 Å². The second kappa shape index (κ2) is 4.93. The number of fused-ring (bicyclic) bond motifs is 1. The van der Waals surface area contributed by atoms with Crippen molar-refractivity contribution in [3.63, 3.8) is 0 Å². The molecule has 0 saturated carbocycles. The fourth-order valence-electron chi connectivity index (χ4n) is 2.50. The first-order valence-electron chi connectivity index (χ1n) is 6.33. The molecule has 1 aliphatic rings. The number of aryl methyl sites for hydroxylation is 1. The fraction of sp³-hybridized carbons (Fsp3) is 0.188. The quantitative estimate of drug-likeness (QED) is 0.829. The van der Waals surface area contributed by atoms with Gasteiger partial charge in [-0.25, -0.2) is 4.39 Å². The highest BCUT2D eigenvalue weighted by atomic mass is 19.2. The van der Waals surface area contributed by atoms with Gasteiger partial charge < -0.3 is 4.74 Å². The van der Waals surface area contributed by atoms with Crippen molar-refractivity contribution in [2.24, 2.45) is 0 Å². The fourth-order valence-corrected chi connectivity index (χ4v) is 2.50. The number of nitrogens with zero attached hydrogens (tertiary/aromatic N) is 1. The van der Waals surface area contributed by atoms with E-state index in [9.17, 15) is 8.78 Å². The van der Waals surface area contributed by atoms with Crippen LogP contribution in [0.3, 0.4) is 0 Å². The van der Waals surface area contributed by atoms with Crippen LogP contribution in [0.1, 0.15) is 29.2 Å². The van der Waals surface area contributed by atoms with E-state index in [1.165, 1.54) is 17.7 Å². The van der Waals surface area contributed by atoms with Crippen molar-refractivity contribution in [1.82, 2.24) is 0 Å². The normalized spacial score (nSPS) is 16.6. The largest absolute Gasteiger partial charge is 0.483 e. The molecule has 0 aromatic heterocycles. The third-order valence-electron chi connectivity index (χ3n) is 3.51. The summed E-state index contributed by atoms with van der Waals surface area (Å²) in [5.74, 6) is -2.41. The molecule has 2 nitrogen and oxygen atoms in total. The first-order valence-corrected chi connectivity index (χ1v) is 6.33. The molecule has 0 bridgehead atoms. The maximum atomic E-state index is 13.8. The first kappa shape index (κ1) is 12.6. The highest BCUT2D eigenvalue weighted by molar-refractivity contribution is 5.39. The smallest absolute Gasteiger partial charge is 0.202 e. The Morgan fingerprint density at radius 3 is 2.70 bits per heavy atom. The van der Waals surface area contributed by atoms with Crippen molar-refractivity contribution >= 4 is 0 Å². The average Bonchev–Trinajstić information content (AvgIpc) is 2.88. The molecule has 4 heteroatoms. The topological polar surface area (TPSA) is 33.0 Å². The maximum Gasteiger partial charge on any atom is 0.202 e. The molecule has 0 N–H and O–H groups in total. The monoisotopic (exact) mass is 271 g/mol. The summed E-state index contributed by atoms with van der Waals surface area (Å²) in [5.41, 5.74) is 1.87. The Balaban J connectivity index is 1.91. The molecule has 0 fully saturated rings. The highest BCUT2D eigenvalue weighted by Gasteiger charge is 2.25. The zero-order chi connectivity index (χ0) is 14.1. The maximum absolute atomic E-state index is 13.8. The molecule has 0 unspecified atom stereocenters. The molecule has 0 heterocycles. The van der Waals surface area contributed by atoms with E-state index in [0.717, 1.165) is 18.4 Å². The number of benzene rings is 2. The molecule has 0 radical (unpaired) electrons. The van der Waals surface area contributed by atoms with E-state index in [-0.39, 0.29) is 17.4 Å². The minimum Gasteiger partial charge on any atom is -0.483 e. The number of ether oxygens (including phenoxy) is 1. The Bertz CT molecular complexity index is 706. The molecule has 0 aliphatic heterocycles. The SMILES string of the molecule is N#Cc1ccc(O[C@H]2CCc3ccccc32)c(F)c1F. The number of hydrogen-bond acceptors (Lipinski definition) is 2. The van der Waals surface area contributed by atoms with Gasteiger partial charge in [0.1, 0.15) is 12.2 Å². The molecular weight excluding hydrogens is 260 g/mol. The predicted molar refractivity (Wildman–Crippen MR) is 69.2 cm³/mol. The Kier molecular flexibility index (Phi) is 3.11. The van der Waals surface area contributed by atoms with Gasteiger partial charge in [0.05, 0.1) is 5.56 Å². The van der Waals surface area contributed by atoms with Crippen molar-refractivity contribution in [2.45, 2.75) is 18.9 Å². The van der Waals surface area contributed by atoms with Gasteiger partial charge in [-0.3, -0.25) is 0 Å². The number of halogens is 2. The van der Waals surface area contributed by atoms with Crippen LogP contribution in [0.5, 0.6) is 5.75 Å². The van der Waals surface area contributed by atoms with E-state index >= 15 is 0 Å². The Morgan fingerprint density at radius 1 is 1.10 bits per heavy atom. The molecule has 3 rings (SSSR count). The third kappa shape index (κ3) is 2.01. The molecule has 1 aliphatic carbocycles. The van der Waals surface area contributed by atoms with Crippen LogP contribution in [-0.4, -0.2) is 0 Å². The lowest BCUT2D eigenvalue weighted by atomic mass is 10.1. The van der Waals surface area contributed by atoms with Crippen molar-refractivity contribution in [3.05, 3.63) is 64.7 Å². The van der Waals surface area contributed by atoms with Crippen LogP contribution in [0.4, 0.5) is 8.78 Å². The Morgan fingerprint density at radius 2 is 1.90 bits per heavy atom. The summed E-state index contributed by atoms with van der Waals surface area (Å²) in [6.45, 7) is 0. The lowest BCUT2D eigenvalue weighted by Crippen LogP contribution is -2.06. The van der Waals surface area contributed by atoms with Crippen LogP contribution in [0, 0.1) is 23.0 Å². The number of nitriles is 1. The standard InChI is InChI=1S/C16H11F2NO/c17-15-11(9-19)6-8-14(16(15)18)20-13-7-5-10-3-1-2-4-12(10)13/h1-4,6,8,13H,5,7H2/t13-/m0/s1. The molecule has 0 saturated heterocycles.